The number of anilines is 1. The first-order valence-electron chi connectivity index (χ1n) is 5.29. The van der Waals surface area contributed by atoms with Gasteiger partial charge in [0.15, 0.2) is 0 Å². The van der Waals surface area contributed by atoms with E-state index in [4.69, 9.17) is 15.7 Å². The van der Waals surface area contributed by atoms with Crippen LogP contribution < -0.4 is 10.5 Å². The number of pyridine rings is 1. The number of nitriles is 1. The van der Waals surface area contributed by atoms with Gasteiger partial charge in [0.25, 0.3) is 0 Å². The van der Waals surface area contributed by atoms with Crippen LogP contribution in [-0.2, 0) is 6.42 Å². The van der Waals surface area contributed by atoms with E-state index in [2.05, 4.69) is 11.1 Å². The Morgan fingerprint density at radius 3 is 3.12 bits per heavy atom. The minimum atomic E-state index is 0.358. The first kappa shape index (κ1) is 10.5. The van der Waals surface area contributed by atoms with Gasteiger partial charge in [-0.2, -0.15) is 10.2 Å². The SMILES string of the molecule is CCOc1nc(N)c2c(c1C#N)CCC=C2. The molecule has 0 bridgehead atoms. The summed E-state index contributed by atoms with van der Waals surface area (Å²) in [7, 11) is 0. The van der Waals surface area contributed by atoms with Crippen molar-refractivity contribution in [2.75, 3.05) is 12.3 Å². The van der Waals surface area contributed by atoms with Gasteiger partial charge >= 0.3 is 0 Å². The van der Waals surface area contributed by atoms with E-state index >= 15 is 0 Å². The Balaban J connectivity index is 2.64. The van der Waals surface area contributed by atoms with Crippen LogP contribution in [0.5, 0.6) is 5.88 Å². The van der Waals surface area contributed by atoms with E-state index in [-0.39, 0.29) is 0 Å². The quantitative estimate of drug-likeness (QED) is 0.817. The largest absolute Gasteiger partial charge is 0.477 e. The summed E-state index contributed by atoms with van der Waals surface area (Å²) in [4.78, 5) is 4.13. The summed E-state index contributed by atoms with van der Waals surface area (Å²) >= 11 is 0. The first-order valence-corrected chi connectivity index (χ1v) is 5.29. The number of hydrogen-bond acceptors (Lipinski definition) is 4. The van der Waals surface area contributed by atoms with Gasteiger partial charge in [-0.05, 0) is 25.3 Å². The zero-order valence-electron chi connectivity index (χ0n) is 9.16. The summed E-state index contributed by atoms with van der Waals surface area (Å²) in [5, 5.41) is 9.16. The zero-order chi connectivity index (χ0) is 11.5. The predicted octanol–water partition coefficient (Wildman–Crippen LogP) is 1.89. The molecule has 2 N–H and O–H groups in total. The Hall–Kier alpha value is -2.02. The van der Waals surface area contributed by atoms with Gasteiger partial charge < -0.3 is 10.5 Å². The molecule has 0 saturated heterocycles. The van der Waals surface area contributed by atoms with Crippen molar-refractivity contribution in [3.05, 3.63) is 22.8 Å². The number of nitrogens with zero attached hydrogens (tertiary/aromatic N) is 2. The Morgan fingerprint density at radius 2 is 2.44 bits per heavy atom. The van der Waals surface area contributed by atoms with Crippen LogP contribution in [0.15, 0.2) is 6.08 Å². The van der Waals surface area contributed by atoms with Crippen LogP contribution >= 0.6 is 0 Å². The molecule has 0 aliphatic heterocycles. The molecule has 0 fully saturated rings. The second-order valence-corrected chi connectivity index (χ2v) is 3.56. The molecule has 0 aromatic carbocycles. The second-order valence-electron chi connectivity index (χ2n) is 3.56. The Kier molecular flexibility index (Phi) is 2.78. The third-order valence-corrected chi connectivity index (χ3v) is 2.58. The number of nitrogens with two attached hydrogens (primary N) is 1. The maximum Gasteiger partial charge on any atom is 0.233 e. The van der Waals surface area contributed by atoms with Crippen LogP contribution in [0.4, 0.5) is 5.82 Å². The average Bonchev–Trinajstić information content (AvgIpc) is 2.30. The molecule has 82 valence electrons. The van der Waals surface area contributed by atoms with Crippen LogP contribution in [0, 0.1) is 11.3 Å². The van der Waals surface area contributed by atoms with Gasteiger partial charge in [-0.25, -0.2) is 0 Å². The lowest BCUT2D eigenvalue weighted by atomic mass is 9.94. The molecular weight excluding hydrogens is 202 g/mol. The van der Waals surface area contributed by atoms with Crippen molar-refractivity contribution < 1.29 is 4.74 Å². The molecule has 16 heavy (non-hydrogen) atoms. The highest BCUT2D eigenvalue weighted by molar-refractivity contribution is 5.71. The number of fused-ring (bicyclic) bond motifs is 1. The highest BCUT2D eigenvalue weighted by Gasteiger charge is 2.19. The van der Waals surface area contributed by atoms with E-state index in [0.29, 0.717) is 23.9 Å². The molecule has 1 aromatic rings. The summed E-state index contributed by atoms with van der Waals surface area (Å²) in [6.07, 6.45) is 5.72. The molecule has 1 aliphatic rings. The normalized spacial score (nSPS) is 13.0. The van der Waals surface area contributed by atoms with Crippen molar-refractivity contribution in [1.29, 1.82) is 5.26 Å². The van der Waals surface area contributed by atoms with E-state index in [1.54, 1.807) is 0 Å². The Bertz CT molecular complexity index is 486. The van der Waals surface area contributed by atoms with Gasteiger partial charge in [-0.3, -0.25) is 0 Å². The topological polar surface area (TPSA) is 71.9 Å². The molecule has 0 unspecified atom stereocenters. The fourth-order valence-corrected chi connectivity index (χ4v) is 1.87. The summed E-state index contributed by atoms with van der Waals surface area (Å²) in [5.74, 6) is 0.796. The lowest BCUT2D eigenvalue weighted by molar-refractivity contribution is 0.326. The molecule has 1 heterocycles. The molecule has 4 nitrogen and oxygen atoms in total. The predicted molar refractivity (Wildman–Crippen MR) is 61.9 cm³/mol. The minimum absolute atomic E-state index is 0.358. The van der Waals surface area contributed by atoms with E-state index in [0.717, 1.165) is 24.0 Å². The summed E-state index contributed by atoms with van der Waals surface area (Å²) in [6.45, 7) is 2.34. The number of hydrogen-bond donors (Lipinski definition) is 1. The number of aromatic nitrogens is 1. The lowest BCUT2D eigenvalue weighted by Crippen LogP contribution is -2.09. The summed E-state index contributed by atoms with van der Waals surface area (Å²) < 4.78 is 5.34. The number of rotatable bonds is 2. The number of ether oxygens (including phenoxy) is 1. The smallest absolute Gasteiger partial charge is 0.233 e. The minimum Gasteiger partial charge on any atom is -0.477 e. The third kappa shape index (κ3) is 1.61. The molecule has 2 rings (SSSR count). The maximum atomic E-state index is 9.16. The van der Waals surface area contributed by atoms with Crippen molar-refractivity contribution in [3.8, 4) is 11.9 Å². The molecule has 0 spiro atoms. The van der Waals surface area contributed by atoms with Gasteiger partial charge in [0, 0.05) is 5.56 Å². The third-order valence-electron chi connectivity index (χ3n) is 2.58. The lowest BCUT2D eigenvalue weighted by Gasteiger charge is -2.16. The van der Waals surface area contributed by atoms with Gasteiger partial charge in [0.2, 0.25) is 5.88 Å². The van der Waals surface area contributed by atoms with Gasteiger partial charge in [0.1, 0.15) is 17.5 Å². The highest BCUT2D eigenvalue weighted by Crippen LogP contribution is 2.31. The van der Waals surface area contributed by atoms with Crippen molar-refractivity contribution in [2.24, 2.45) is 0 Å². The summed E-state index contributed by atoms with van der Waals surface area (Å²) in [6, 6.07) is 2.16. The van der Waals surface area contributed by atoms with Gasteiger partial charge in [-0.1, -0.05) is 12.2 Å². The van der Waals surface area contributed by atoms with Gasteiger partial charge in [-0.15, -0.1) is 0 Å². The second kappa shape index (κ2) is 4.23. The summed E-state index contributed by atoms with van der Waals surface area (Å²) in [5.41, 5.74) is 8.19. The Morgan fingerprint density at radius 1 is 1.62 bits per heavy atom. The van der Waals surface area contributed by atoms with Crippen LogP contribution in [0.25, 0.3) is 6.08 Å². The molecule has 1 aliphatic carbocycles. The van der Waals surface area contributed by atoms with E-state index in [1.807, 2.05) is 19.1 Å². The van der Waals surface area contributed by atoms with Gasteiger partial charge in [0.05, 0.1) is 6.61 Å². The monoisotopic (exact) mass is 215 g/mol. The van der Waals surface area contributed by atoms with E-state index in [1.165, 1.54) is 0 Å². The van der Waals surface area contributed by atoms with Crippen LogP contribution in [-0.4, -0.2) is 11.6 Å². The van der Waals surface area contributed by atoms with Crippen LogP contribution in [0.1, 0.15) is 30.0 Å². The molecule has 0 amide bonds. The highest BCUT2D eigenvalue weighted by atomic mass is 16.5. The van der Waals surface area contributed by atoms with Crippen molar-refractivity contribution in [2.45, 2.75) is 19.8 Å². The van der Waals surface area contributed by atoms with Crippen molar-refractivity contribution in [1.82, 2.24) is 4.98 Å². The zero-order valence-corrected chi connectivity index (χ0v) is 9.16. The standard InChI is InChI=1S/C12H13N3O/c1-2-16-12-10(7-13)8-5-3-4-6-9(8)11(14)15-12/h4,6H,2-3,5H2,1H3,(H2,14,15). The average molecular weight is 215 g/mol. The fraction of sp³-hybridized carbons (Fsp3) is 0.333. The molecule has 0 radical (unpaired) electrons. The maximum absolute atomic E-state index is 9.16. The van der Waals surface area contributed by atoms with Crippen LogP contribution in [0.2, 0.25) is 0 Å². The molecule has 1 aromatic heterocycles. The fourth-order valence-electron chi connectivity index (χ4n) is 1.87. The van der Waals surface area contributed by atoms with Crippen molar-refractivity contribution in [3.63, 3.8) is 0 Å². The number of allylic oxidation sites excluding steroid dienone is 1. The molecule has 0 saturated carbocycles. The molecule has 4 heteroatoms. The first-order chi connectivity index (χ1) is 7.77. The van der Waals surface area contributed by atoms with E-state index in [9.17, 15) is 0 Å². The number of nitrogen functional groups attached to an aromatic ring is 1. The molecular formula is C12H13N3O. The van der Waals surface area contributed by atoms with E-state index < -0.39 is 0 Å². The molecule has 0 atom stereocenters. The Labute approximate surface area is 94.4 Å². The van der Waals surface area contributed by atoms with Crippen molar-refractivity contribution >= 4 is 11.9 Å². The van der Waals surface area contributed by atoms with Crippen LogP contribution in [0.3, 0.4) is 0 Å².